The predicted octanol–water partition coefficient (Wildman–Crippen LogP) is 1.73. The molecule has 3 unspecified atom stereocenters. The van der Waals surface area contributed by atoms with Crippen LogP contribution in [0.15, 0.2) is 0 Å². The molecular formula is C14H27ClN2O2. The lowest BCUT2D eigenvalue weighted by atomic mass is 9.89. The normalized spacial score (nSPS) is 30.5. The lowest BCUT2D eigenvalue weighted by molar-refractivity contribution is -0.122. The first-order valence-electron chi connectivity index (χ1n) is 7.19. The zero-order valence-electron chi connectivity index (χ0n) is 12.0. The molecule has 0 spiro atoms. The summed E-state index contributed by atoms with van der Waals surface area (Å²) in [6.45, 7) is 3.52. The lowest BCUT2D eigenvalue weighted by Gasteiger charge is -2.28. The molecule has 0 aromatic heterocycles. The van der Waals surface area contributed by atoms with Gasteiger partial charge in [-0.3, -0.25) is 4.79 Å². The van der Waals surface area contributed by atoms with E-state index in [1.54, 1.807) is 7.11 Å². The summed E-state index contributed by atoms with van der Waals surface area (Å²) in [7, 11) is 1.70. The topological polar surface area (TPSA) is 50.4 Å². The Kier molecular flexibility index (Phi) is 7.11. The number of carbonyl (C=O) groups excluding carboxylic acids is 1. The molecule has 2 N–H and O–H groups in total. The van der Waals surface area contributed by atoms with Gasteiger partial charge in [-0.25, -0.2) is 0 Å². The second-order valence-electron chi connectivity index (χ2n) is 6.04. The number of rotatable bonds is 6. The van der Waals surface area contributed by atoms with E-state index in [2.05, 4.69) is 17.6 Å². The molecule has 2 aliphatic heterocycles. The Labute approximate surface area is 122 Å². The van der Waals surface area contributed by atoms with Crippen LogP contribution in [0.2, 0.25) is 0 Å². The van der Waals surface area contributed by atoms with Crippen molar-refractivity contribution in [2.24, 2.45) is 11.8 Å². The smallest absolute Gasteiger partial charge is 0.220 e. The van der Waals surface area contributed by atoms with Gasteiger partial charge < -0.3 is 15.4 Å². The predicted molar refractivity (Wildman–Crippen MR) is 78.6 cm³/mol. The molecule has 0 aromatic rings. The molecule has 2 fully saturated rings. The number of carbonyl (C=O) groups is 1. The van der Waals surface area contributed by atoms with Gasteiger partial charge in [0.25, 0.3) is 0 Å². The molecule has 0 radical (unpaired) electrons. The zero-order chi connectivity index (χ0) is 13.0. The van der Waals surface area contributed by atoms with Crippen LogP contribution in [0, 0.1) is 11.8 Å². The summed E-state index contributed by atoms with van der Waals surface area (Å²) in [6, 6.07) is 1.35. The number of methoxy groups -OCH3 is 1. The number of piperidine rings is 1. The molecule has 19 heavy (non-hydrogen) atoms. The minimum absolute atomic E-state index is 0. The second-order valence-corrected chi connectivity index (χ2v) is 6.04. The maximum atomic E-state index is 11.9. The van der Waals surface area contributed by atoms with E-state index in [1.165, 1.54) is 25.7 Å². The lowest BCUT2D eigenvalue weighted by Crippen LogP contribution is -2.40. The van der Waals surface area contributed by atoms with Crippen molar-refractivity contribution in [2.75, 3.05) is 20.3 Å². The van der Waals surface area contributed by atoms with Gasteiger partial charge in [-0.1, -0.05) is 6.92 Å². The Morgan fingerprint density at radius 2 is 2.00 bits per heavy atom. The quantitative estimate of drug-likeness (QED) is 0.783. The molecule has 5 heteroatoms. The first-order valence-corrected chi connectivity index (χ1v) is 7.19. The van der Waals surface area contributed by atoms with Crippen molar-refractivity contribution in [3.63, 3.8) is 0 Å². The number of nitrogens with one attached hydrogen (secondary N) is 2. The van der Waals surface area contributed by atoms with E-state index in [4.69, 9.17) is 4.74 Å². The van der Waals surface area contributed by atoms with Gasteiger partial charge in [0.2, 0.25) is 5.91 Å². The first-order chi connectivity index (χ1) is 8.67. The van der Waals surface area contributed by atoms with E-state index in [1.807, 2.05) is 0 Å². The molecule has 1 amide bonds. The van der Waals surface area contributed by atoms with Gasteiger partial charge in [0.15, 0.2) is 0 Å². The summed E-state index contributed by atoms with van der Waals surface area (Å²) in [5.74, 6) is 1.19. The monoisotopic (exact) mass is 290 g/mol. The van der Waals surface area contributed by atoms with Crippen LogP contribution < -0.4 is 10.6 Å². The largest absolute Gasteiger partial charge is 0.384 e. The van der Waals surface area contributed by atoms with Crippen LogP contribution >= 0.6 is 12.4 Å². The van der Waals surface area contributed by atoms with Gasteiger partial charge >= 0.3 is 0 Å². The summed E-state index contributed by atoms with van der Waals surface area (Å²) in [5, 5.41) is 6.64. The molecule has 2 aliphatic rings. The second kappa shape index (κ2) is 8.08. The summed E-state index contributed by atoms with van der Waals surface area (Å²) in [6.07, 6.45) is 5.66. The number of hydrogen-bond acceptors (Lipinski definition) is 3. The van der Waals surface area contributed by atoms with Gasteiger partial charge in [-0.05, 0) is 37.5 Å². The van der Waals surface area contributed by atoms with Crippen LogP contribution in [0.1, 0.15) is 39.0 Å². The van der Waals surface area contributed by atoms with E-state index in [-0.39, 0.29) is 18.3 Å². The van der Waals surface area contributed by atoms with Crippen molar-refractivity contribution < 1.29 is 9.53 Å². The Morgan fingerprint density at radius 1 is 1.37 bits per heavy atom. The third-order valence-corrected chi connectivity index (χ3v) is 4.14. The summed E-state index contributed by atoms with van der Waals surface area (Å²) < 4.78 is 5.06. The first kappa shape index (κ1) is 16.7. The van der Waals surface area contributed by atoms with Crippen LogP contribution in [0.25, 0.3) is 0 Å². The Morgan fingerprint density at radius 3 is 2.58 bits per heavy atom. The highest BCUT2D eigenvalue weighted by atomic mass is 35.5. The molecular weight excluding hydrogens is 264 g/mol. The van der Waals surface area contributed by atoms with Crippen molar-refractivity contribution in [1.82, 2.24) is 10.6 Å². The molecule has 2 saturated heterocycles. The maximum Gasteiger partial charge on any atom is 0.220 e. The van der Waals surface area contributed by atoms with Crippen molar-refractivity contribution in [1.29, 1.82) is 0 Å². The van der Waals surface area contributed by atoms with E-state index in [0.717, 1.165) is 6.54 Å². The Hall–Kier alpha value is -0.320. The van der Waals surface area contributed by atoms with E-state index < -0.39 is 0 Å². The molecule has 0 saturated carbocycles. The Balaban J connectivity index is 0.00000180. The molecule has 3 atom stereocenters. The third-order valence-electron chi connectivity index (χ3n) is 4.14. The van der Waals surface area contributed by atoms with Gasteiger partial charge in [-0.15, -0.1) is 12.4 Å². The van der Waals surface area contributed by atoms with Gasteiger partial charge in [0, 0.05) is 32.2 Å². The maximum absolute atomic E-state index is 11.9. The van der Waals surface area contributed by atoms with Crippen molar-refractivity contribution in [3.8, 4) is 0 Å². The Bertz CT molecular complexity index is 277. The van der Waals surface area contributed by atoms with Crippen LogP contribution in [0.5, 0.6) is 0 Å². The van der Waals surface area contributed by atoms with E-state index in [9.17, 15) is 4.79 Å². The highest BCUT2D eigenvalue weighted by Gasteiger charge is 2.34. The molecule has 4 nitrogen and oxygen atoms in total. The summed E-state index contributed by atoms with van der Waals surface area (Å²) >= 11 is 0. The van der Waals surface area contributed by atoms with Crippen molar-refractivity contribution >= 4 is 18.3 Å². The number of ether oxygens (including phenoxy) is 1. The van der Waals surface area contributed by atoms with Gasteiger partial charge in [0.05, 0.1) is 6.61 Å². The molecule has 0 aliphatic carbocycles. The van der Waals surface area contributed by atoms with Crippen LogP contribution in [-0.4, -0.2) is 38.3 Å². The fourth-order valence-electron chi connectivity index (χ4n) is 3.31. The van der Waals surface area contributed by atoms with Crippen molar-refractivity contribution in [3.05, 3.63) is 0 Å². The molecule has 2 rings (SSSR count). The summed E-state index contributed by atoms with van der Waals surface area (Å²) in [5.41, 5.74) is 0. The highest BCUT2D eigenvalue weighted by Crippen LogP contribution is 2.32. The SMILES string of the molecule is COCC(C)CNC(=O)CC1CC2CCC(C1)N2.Cl. The number of fused-ring (bicyclic) bond motifs is 2. The fourth-order valence-corrected chi connectivity index (χ4v) is 3.31. The zero-order valence-corrected chi connectivity index (χ0v) is 12.8. The van der Waals surface area contributed by atoms with Gasteiger partial charge in [0.1, 0.15) is 0 Å². The van der Waals surface area contributed by atoms with E-state index >= 15 is 0 Å². The molecule has 2 bridgehead atoms. The molecule has 2 heterocycles. The van der Waals surface area contributed by atoms with Crippen molar-refractivity contribution in [2.45, 2.75) is 51.1 Å². The van der Waals surface area contributed by atoms with Crippen LogP contribution in [-0.2, 0) is 9.53 Å². The summed E-state index contributed by atoms with van der Waals surface area (Å²) in [4.78, 5) is 11.9. The average molecular weight is 291 g/mol. The average Bonchev–Trinajstić information content (AvgIpc) is 2.67. The number of amides is 1. The van der Waals surface area contributed by atoms with Crippen LogP contribution in [0.3, 0.4) is 0 Å². The molecule has 0 aromatic carbocycles. The number of hydrogen-bond donors (Lipinski definition) is 2. The standard InChI is InChI=1S/C14H26N2O2.ClH/c1-10(9-18-2)8-15-14(17)7-11-5-12-3-4-13(6-11)16-12;/h10-13,16H,3-9H2,1-2H3,(H,15,17);1H. The number of halogens is 1. The minimum Gasteiger partial charge on any atom is -0.384 e. The fraction of sp³-hybridized carbons (Fsp3) is 0.929. The minimum atomic E-state index is 0. The molecule has 112 valence electrons. The van der Waals surface area contributed by atoms with Crippen LogP contribution in [0.4, 0.5) is 0 Å². The van der Waals surface area contributed by atoms with Gasteiger partial charge in [-0.2, -0.15) is 0 Å². The third kappa shape index (κ3) is 5.28. The highest BCUT2D eigenvalue weighted by molar-refractivity contribution is 5.85. The van der Waals surface area contributed by atoms with E-state index in [0.29, 0.717) is 36.9 Å².